The molecule has 0 bridgehead atoms. The van der Waals surface area contributed by atoms with Crippen LogP contribution in [0.3, 0.4) is 0 Å². The standard InChI is InChI=1S/C10H20N2O3S2/c1-3-8(17-6-11)10(14)15-9(13)7(12)4-5-16-2/h7-8H,3-6,11-12H2,1-2H3/t7-,8?/m0/s1. The average Bonchev–Trinajstić information content (AvgIpc) is 2.32. The molecule has 0 aliphatic rings. The molecule has 1 unspecified atom stereocenters. The van der Waals surface area contributed by atoms with Gasteiger partial charge in [-0.25, -0.2) is 4.79 Å². The molecular weight excluding hydrogens is 260 g/mol. The molecule has 0 amide bonds. The Morgan fingerprint density at radius 3 is 2.47 bits per heavy atom. The van der Waals surface area contributed by atoms with Gasteiger partial charge in [-0.15, -0.1) is 11.8 Å². The smallest absolute Gasteiger partial charge is 0.330 e. The van der Waals surface area contributed by atoms with Gasteiger partial charge in [-0.05, 0) is 24.9 Å². The normalized spacial score (nSPS) is 14.1. The predicted molar refractivity (Wildman–Crippen MR) is 72.8 cm³/mol. The highest BCUT2D eigenvalue weighted by atomic mass is 32.2. The van der Waals surface area contributed by atoms with Gasteiger partial charge in [-0.2, -0.15) is 11.8 Å². The number of thioether (sulfide) groups is 2. The molecule has 100 valence electrons. The number of nitrogens with two attached hydrogens (primary N) is 2. The molecule has 0 heterocycles. The summed E-state index contributed by atoms with van der Waals surface area (Å²) in [5.74, 6) is -0.118. The van der Waals surface area contributed by atoms with Gasteiger partial charge >= 0.3 is 11.9 Å². The minimum absolute atomic E-state index is 0.320. The van der Waals surface area contributed by atoms with E-state index in [0.717, 1.165) is 5.75 Å². The molecule has 0 aliphatic carbocycles. The molecule has 0 aromatic carbocycles. The Labute approximate surface area is 110 Å². The Morgan fingerprint density at radius 1 is 1.35 bits per heavy atom. The van der Waals surface area contributed by atoms with Crippen molar-refractivity contribution in [2.45, 2.75) is 31.1 Å². The number of rotatable bonds is 8. The second kappa shape index (κ2) is 9.76. The summed E-state index contributed by atoms with van der Waals surface area (Å²) in [7, 11) is 0. The predicted octanol–water partition coefficient (Wildman–Crippen LogP) is 0.565. The Morgan fingerprint density at radius 2 is 2.00 bits per heavy atom. The Hall–Kier alpha value is -0.240. The molecule has 0 radical (unpaired) electrons. The molecule has 0 saturated carbocycles. The number of hydrogen-bond donors (Lipinski definition) is 2. The third-order valence-corrected chi connectivity index (χ3v) is 3.83. The van der Waals surface area contributed by atoms with Crippen LogP contribution in [0, 0.1) is 0 Å². The van der Waals surface area contributed by atoms with E-state index in [1.807, 2.05) is 13.2 Å². The Bertz CT molecular complexity index is 252. The molecule has 0 aromatic heterocycles. The summed E-state index contributed by atoms with van der Waals surface area (Å²) >= 11 is 2.85. The fraction of sp³-hybridized carbons (Fsp3) is 0.800. The van der Waals surface area contributed by atoms with Crippen LogP contribution in [0.5, 0.6) is 0 Å². The maximum Gasteiger partial charge on any atom is 0.330 e. The molecule has 5 nitrogen and oxygen atoms in total. The monoisotopic (exact) mass is 280 g/mol. The molecule has 17 heavy (non-hydrogen) atoms. The van der Waals surface area contributed by atoms with E-state index < -0.39 is 23.2 Å². The van der Waals surface area contributed by atoms with Crippen molar-refractivity contribution >= 4 is 35.5 Å². The van der Waals surface area contributed by atoms with Gasteiger partial charge in [0.15, 0.2) is 0 Å². The first-order valence-corrected chi connectivity index (χ1v) is 7.82. The molecule has 4 N–H and O–H groups in total. The quantitative estimate of drug-likeness (QED) is 0.381. The van der Waals surface area contributed by atoms with Gasteiger partial charge < -0.3 is 16.2 Å². The first-order chi connectivity index (χ1) is 8.06. The molecule has 2 atom stereocenters. The zero-order valence-corrected chi connectivity index (χ0v) is 11.8. The fourth-order valence-electron chi connectivity index (χ4n) is 1.07. The molecule has 0 aromatic rings. The van der Waals surface area contributed by atoms with E-state index in [9.17, 15) is 9.59 Å². The molecule has 0 aliphatic heterocycles. The van der Waals surface area contributed by atoms with E-state index in [4.69, 9.17) is 16.2 Å². The van der Waals surface area contributed by atoms with E-state index in [1.54, 1.807) is 11.8 Å². The lowest BCUT2D eigenvalue weighted by Crippen LogP contribution is -2.36. The second-order valence-electron chi connectivity index (χ2n) is 3.36. The van der Waals surface area contributed by atoms with Gasteiger partial charge in [-0.3, -0.25) is 4.79 Å². The average molecular weight is 280 g/mol. The number of carbonyl (C=O) groups is 2. The van der Waals surface area contributed by atoms with E-state index in [-0.39, 0.29) is 0 Å². The molecular formula is C10H20N2O3S2. The van der Waals surface area contributed by atoms with Crippen molar-refractivity contribution in [1.82, 2.24) is 0 Å². The lowest BCUT2D eigenvalue weighted by molar-refractivity contribution is -0.160. The van der Waals surface area contributed by atoms with Gasteiger partial charge in [0.25, 0.3) is 0 Å². The van der Waals surface area contributed by atoms with Crippen LogP contribution in [0.15, 0.2) is 0 Å². The van der Waals surface area contributed by atoms with Gasteiger partial charge in [0.1, 0.15) is 11.3 Å². The highest BCUT2D eigenvalue weighted by Crippen LogP contribution is 2.14. The Balaban J connectivity index is 4.12. The Kier molecular flexibility index (Phi) is 9.62. The SMILES string of the molecule is CCC(SCN)C(=O)OC(=O)[C@@H](N)CCSC. The maximum absolute atomic E-state index is 11.6. The summed E-state index contributed by atoms with van der Waals surface area (Å²) in [6.07, 6.45) is 3.01. The highest BCUT2D eigenvalue weighted by molar-refractivity contribution is 8.00. The summed E-state index contributed by atoms with van der Waals surface area (Å²) in [6.45, 7) is 1.84. The lowest BCUT2D eigenvalue weighted by atomic mass is 10.2. The topological polar surface area (TPSA) is 95.4 Å². The fourth-order valence-corrected chi connectivity index (χ4v) is 2.21. The number of ether oxygens (including phenoxy) is 1. The summed E-state index contributed by atoms with van der Waals surface area (Å²) in [6, 6.07) is -0.730. The van der Waals surface area contributed by atoms with Crippen LogP contribution in [-0.4, -0.2) is 41.1 Å². The molecule has 0 saturated heterocycles. The molecule has 0 rings (SSSR count). The summed E-state index contributed by atoms with van der Waals surface area (Å²) in [5, 5.41) is -0.392. The van der Waals surface area contributed by atoms with Crippen LogP contribution in [0.25, 0.3) is 0 Å². The molecule has 7 heteroatoms. The van der Waals surface area contributed by atoms with Crippen molar-refractivity contribution in [2.75, 3.05) is 17.9 Å². The van der Waals surface area contributed by atoms with E-state index in [2.05, 4.69) is 0 Å². The zero-order valence-electron chi connectivity index (χ0n) is 10.2. The third-order valence-electron chi connectivity index (χ3n) is 2.07. The number of hydrogen-bond acceptors (Lipinski definition) is 7. The van der Waals surface area contributed by atoms with Crippen LogP contribution in [0.1, 0.15) is 19.8 Å². The van der Waals surface area contributed by atoms with Gasteiger partial charge in [0.2, 0.25) is 0 Å². The first-order valence-electron chi connectivity index (χ1n) is 5.38. The minimum atomic E-state index is -0.730. The van der Waals surface area contributed by atoms with Crippen molar-refractivity contribution in [3.05, 3.63) is 0 Å². The van der Waals surface area contributed by atoms with E-state index in [1.165, 1.54) is 11.8 Å². The summed E-state index contributed by atoms with van der Waals surface area (Å²) in [5.41, 5.74) is 10.9. The summed E-state index contributed by atoms with van der Waals surface area (Å²) < 4.78 is 4.73. The van der Waals surface area contributed by atoms with Crippen molar-refractivity contribution in [1.29, 1.82) is 0 Å². The lowest BCUT2D eigenvalue weighted by Gasteiger charge is -2.14. The van der Waals surface area contributed by atoms with Crippen LogP contribution in [-0.2, 0) is 14.3 Å². The van der Waals surface area contributed by atoms with Crippen molar-refractivity contribution < 1.29 is 14.3 Å². The van der Waals surface area contributed by atoms with Crippen molar-refractivity contribution in [3.8, 4) is 0 Å². The van der Waals surface area contributed by atoms with Gasteiger partial charge in [0, 0.05) is 5.88 Å². The molecule has 0 fully saturated rings. The zero-order chi connectivity index (χ0) is 13.3. The van der Waals surface area contributed by atoms with Gasteiger partial charge in [-0.1, -0.05) is 6.92 Å². The van der Waals surface area contributed by atoms with Crippen LogP contribution < -0.4 is 11.5 Å². The number of carbonyl (C=O) groups excluding carboxylic acids is 2. The largest absolute Gasteiger partial charge is 0.391 e. The summed E-state index contributed by atoms with van der Waals surface area (Å²) in [4.78, 5) is 23.0. The maximum atomic E-state index is 11.6. The third kappa shape index (κ3) is 6.92. The van der Waals surface area contributed by atoms with Crippen LogP contribution in [0.2, 0.25) is 0 Å². The minimum Gasteiger partial charge on any atom is -0.391 e. The second-order valence-corrected chi connectivity index (χ2v) is 5.58. The van der Waals surface area contributed by atoms with E-state index in [0.29, 0.717) is 18.7 Å². The van der Waals surface area contributed by atoms with Crippen molar-refractivity contribution in [2.24, 2.45) is 11.5 Å². The van der Waals surface area contributed by atoms with Crippen molar-refractivity contribution in [3.63, 3.8) is 0 Å². The highest BCUT2D eigenvalue weighted by Gasteiger charge is 2.24. The van der Waals surface area contributed by atoms with E-state index >= 15 is 0 Å². The molecule has 0 spiro atoms. The number of esters is 2. The first kappa shape index (κ1) is 16.8. The van der Waals surface area contributed by atoms with Crippen LogP contribution >= 0.6 is 23.5 Å². The van der Waals surface area contributed by atoms with Crippen LogP contribution in [0.4, 0.5) is 0 Å². The van der Waals surface area contributed by atoms with Gasteiger partial charge in [0.05, 0.1) is 0 Å².